The van der Waals surface area contributed by atoms with Gasteiger partial charge in [-0.15, -0.1) is 11.8 Å². The Morgan fingerprint density at radius 1 is 1.40 bits per heavy atom. The number of benzene rings is 1. The van der Waals surface area contributed by atoms with E-state index in [9.17, 15) is 0 Å². The van der Waals surface area contributed by atoms with Gasteiger partial charge >= 0.3 is 0 Å². The molecule has 0 aliphatic heterocycles. The molecule has 84 valence electrons. The van der Waals surface area contributed by atoms with Crippen molar-refractivity contribution in [3.8, 4) is 0 Å². The van der Waals surface area contributed by atoms with Gasteiger partial charge in [-0.1, -0.05) is 23.2 Å². The van der Waals surface area contributed by atoms with Gasteiger partial charge in [-0.05, 0) is 25.1 Å². The summed E-state index contributed by atoms with van der Waals surface area (Å²) in [5, 5.41) is 10.1. The fraction of sp³-hybridized carbons (Fsp3) is 0.400. The minimum atomic E-state index is -0.0746. The molecule has 0 heterocycles. The normalized spacial score (nSPS) is 15.0. The maximum absolute atomic E-state index is 9.12. The van der Waals surface area contributed by atoms with Gasteiger partial charge in [0.05, 0.1) is 16.7 Å². The molecule has 0 radical (unpaired) electrons. The van der Waals surface area contributed by atoms with Crippen LogP contribution in [-0.4, -0.2) is 23.0 Å². The maximum Gasteiger partial charge on any atom is 0.0603 e. The molecule has 5 heteroatoms. The van der Waals surface area contributed by atoms with Gasteiger partial charge < -0.3 is 10.8 Å². The Kier molecular flexibility index (Phi) is 5.23. The average molecular weight is 266 g/mol. The van der Waals surface area contributed by atoms with Crippen LogP contribution >= 0.6 is 35.0 Å². The average Bonchev–Trinajstić information content (AvgIpc) is 2.19. The van der Waals surface area contributed by atoms with E-state index in [1.165, 1.54) is 11.8 Å². The summed E-state index contributed by atoms with van der Waals surface area (Å²) in [4.78, 5) is 0.959. The SMILES string of the molecule is CC(N)C(CO)Sc1ccc(Cl)c(Cl)c1. The van der Waals surface area contributed by atoms with Crippen molar-refractivity contribution in [1.29, 1.82) is 0 Å². The van der Waals surface area contributed by atoms with E-state index in [0.29, 0.717) is 10.0 Å². The van der Waals surface area contributed by atoms with Crippen molar-refractivity contribution in [3.05, 3.63) is 28.2 Å². The van der Waals surface area contributed by atoms with E-state index in [-0.39, 0.29) is 17.9 Å². The standard InChI is InChI=1S/C10H13Cl2NOS/c1-6(13)10(5-14)15-7-2-3-8(11)9(12)4-7/h2-4,6,10,14H,5,13H2,1H3. The molecular formula is C10H13Cl2NOS. The van der Waals surface area contributed by atoms with E-state index in [1.54, 1.807) is 12.1 Å². The number of thioether (sulfide) groups is 1. The minimum absolute atomic E-state index is 0.0257. The molecule has 1 rings (SSSR count). The molecule has 1 aromatic carbocycles. The van der Waals surface area contributed by atoms with E-state index in [2.05, 4.69) is 0 Å². The molecule has 0 aliphatic carbocycles. The molecule has 0 saturated heterocycles. The molecule has 15 heavy (non-hydrogen) atoms. The second kappa shape index (κ2) is 5.97. The molecule has 0 amide bonds. The number of halogens is 2. The van der Waals surface area contributed by atoms with E-state index >= 15 is 0 Å². The van der Waals surface area contributed by atoms with E-state index < -0.39 is 0 Å². The third-order valence-corrected chi connectivity index (χ3v) is 4.09. The first kappa shape index (κ1) is 13.1. The highest BCUT2D eigenvalue weighted by molar-refractivity contribution is 8.00. The third-order valence-electron chi connectivity index (χ3n) is 1.94. The molecule has 2 atom stereocenters. The fourth-order valence-corrected chi connectivity index (χ4v) is 2.37. The molecule has 2 nitrogen and oxygen atoms in total. The summed E-state index contributed by atoms with van der Waals surface area (Å²) >= 11 is 13.2. The number of hydrogen-bond acceptors (Lipinski definition) is 3. The third kappa shape index (κ3) is 3.85. The van der Waals surface area contributed by atoms with E-state index in [0.717, 1.165) is 4.90 Å². The number of hydrogen-bond donors (Lipinski definition) is 2. The first-order valence-corrected chi connectivity index (χ1v) is 6.16. The van der Waals surface area contributed by atoms with Crippen LogP contribution in [0.3, 0.4) is 0 Å². The molecule has 2 unspecified atom stereocenters. The Balaban J connectivity index is 2.75. The number of aliphatic hydroxyl groups excluding tert-OH is 1. The largest absolute Gasteiger partial charge is 0.395 e. The monoisotopic (exact) mass is 265 g/mol. The van der Waals surface area contributed by atoms with Crippen molar-refractivity contribution in [2.75, 3.05) is 6.61 Å². The predicted molar refractivity (Wildman–Crippen MR) is 66.8 cm³/mol. The zero-order valence-electron chi connectivity index (χ0n) is 8.28. The zero-order valence-corrected chi connectivity index (χ0v) is 10.6. The minimum Gasteiger partial charge on any atom is -0.395 e. The predicted octanol–water partition coefficient (Wildman–Crippen LogP) is 2.79. The molecule has 1 aromatic rings. The van der Waals surface area contributed by atoms with Gasteiger partial charge in [0, 0.05) is 16.2 Å². The van der Waals surface area contributed by atoms with Gasteiger partial charge in [0.2, 0.25) is 0 Å². The highest BCUT2D eigenvalue weighted by Crippen LogP contribution is 2.30. The molecule has 0 bridgehead atoms. The number of nitrogens with two attached hydrogens (primary N) is 1. The number of aliphatic hydroxyl groups is 1. The summed E-state index contributed by atoms with van der Waals surface area (Å²) in [6.45, 7) is 1.91. The Labute approximate surface area is 104 Å². The summed E-state index contributed by atoms with van der Waals surface area (Å²) < 4.78 is 0. The van der Waals surface area contributed by atoms with Crippen molar-refractivity contribution in [1.82, 2.24) is 0 Å². The van der Waals surface area contributed by atoms with Crippen LogP contribution < -0.4 is 5.73 Å². The van der Waals surface area contributed by atoms with Crippen molar-refractivity contribution < 1.29 is 5.11 Å². The van der Waals surface area contributed by atoms with E-state index in [1.807, 2.05) is 13.0 Å². The summed E-state index contributed by atoms with van der Waals surface area (Å²) in [7, 11) is 0. The highest BCUT2D eigenvalue weighted by atomic mass is 35.5. The van der Waals surface area contributed by atoms with Crippen LogP contribution in [0.4, 0.5) is 0 Å². The van der Waals surface area contributed by atoms with Crippen molar-refractivity contribution in [2.45, 2.75) is 23.1 Å². The van der Waals surface area contributed by atoms with Crippen LogP contribution in [0.15, 0.2) is 23.1 Å². The topological polar surface area (TPSA) is 46.2 Å². The Morgan fingerprint density at radius 2 is 2.07 bits per heavy atom. The molecule has 3 N–H and O–H groups in total. The van der Waals surface area contributed by atoms with Gasteiger partial charge in [-0.25, -0.2) is 0 Å². The van der Waals surface area contributed by atoms with Crippen LogP contribution in [0.5, 0.6) is 0 Å². The Bertz CT molecular complexity index is 333. The molecule has 0 aromatic heterocycles. The van der Waals surface area contributed by atoms with Crippen molar-refractivity contribution in [3.63, 3.8) is 0 Å². The fourth-order valence-electron chi connectivity index (χ4n) is 1.04. The smallest absolute Gasteiger partial charge is 0.0603 e. The van der Waals surface area contributed by atoms with Gasteiger partial charge in [0.1, 0.15) is 0 Å². The van der Waals surface area contributed by atoms with Crippen molar-refractivity contribution >= 4 is 35.0 Å². The van der Waals surface area contributed by atoms with Crippen molar-refractivity contribution in [2.24, 2.45) is 5.73 Å². The quantitative estimate of drug-likeness (QED) is 0.824. The van der Waals surface area contributed by atoms with Crippen LogP contribution in [0, 0.1) is 0 Å². The van der Waals surface area contributed by atoms with Gasteiger partial charge in [-0.3, -0.25) is 0 Å². The van der Waals surface area contributed by atoms with Crippen LogP contribution in [0.2, 0.25) is 10.0 Å². The summed E-state index contributed by atoms with van der Waals surface area (Å²) in [5.74, 6) is 0. The molecular weight excluding hydrogens is 253 g/mol. The molecule has 0 fully saturated rings. The summed E-state index contributed by atoms with van der Waals surface area (Å²) in [5.41, 5.74) is 5.72. The van der Waals surface area contributed by atoms with Crippen LogP contribution in [0.25, 0.3) is 0 Å². The first-order chi connectivity index (χ1) is 7.04. The second-order valence-electron chi connectivity index (χ2n) is 3.27. The van der Waals surface area contributed by atoms with Crippen LogP contribution in [-0.2, 0) is 0 Å². The first-order valence-electron chi connectivity index (χ1n) is 4.52. The molecule has 0 saturated carbocycles. The van der Waals surface area contributed by atoms with Crippen LogP contribution in [0.1, 0.15) is 6.92 Å². The Hall–Kier alpha value is 0.0700. The maximum atomic E-state index is 9.12. The lowest BCUT2D eigenvalue weighted by atomic mass is 10.3. The second-order valence-corrected chi connectivity index (χ2v) is 5.40. The summed E-state index contributed by atoms with van der Waals surface area (Å²) in [6, 6.07) is 5.31. The summed E-state index contributed by atoms with van der Waals surface area (Å²) in [6.07, 6.45) is 0. The Morgan fingerprint density at radius 3 is 2.53 bits per heavy atom. The lowest BCUT2D eigenvalue weighted by Gasteiger charge is -2.17. The molecule has 0 spiro atoms. The van der Waals surface area contributed by atoms with E-state index in [4.69, 9.17) is 34.0 Å². The van der Waals surface area contributed by atoms with Gasteiger partial charge in [0.25, 0.3) is 0 Å². The zero-order chi connectivity index (χ0) is 11.4. The number of rotatable bonds is 4. The van der Waals surface area contributed by atoms with Gasteiger partial charge in [-0.2, -0.15) is 0 Å². The molecule has 0 aliphatic rings. The van der Waals surface area contributed by atoms with Gasteiger partial charge in [0.15, 0.2) is 0 Å². The lowest BCUT2D eigenvalue weighted by Crippen LogP contribution is -2.31. The highest BCUT2D eigenvalue weighted by Gasteiger charge is 2.14. The lowest BCUT2D eigenvalue weighted by molar-refractivity contribution is 0.285.